The van der Waals surface area contributed by atoms with Crippen molar-refractivity contribution in [3.63, 3.8) is 0 Å². The summed E-state index contributed by atoms with van der Waals surface area (Å²) in [5.41, 5.74) is 1.16. The van der Waals surface area contributed by atoms with Crippen LogP contribution in [0.1, 0.15) is 12.5 Å². The van der Waals surface area contributed by atoms with E-state index in [0.29, 0.717) is 13.1 Å². The lowest BCUT2D eigenvalue weighted by Crippen LogP contribution is -2.38. The molecule has 0 aromatic heterocycles. The number of ether oxygens (including phenoxy) is 1. The minimum Gasteiger partial charge on any atom is -0.491 e. The maximum Gasteiger partial charge on any atom is 0.233 e. The molecule has 0 aliphatic rings. The zero-order valence-corrected chi connectivity index (χ0v) is 11.5. The van der Waals surface area contributed by atoms with Crippen molar-refractivity contribution in [1.29, 1.82) is 0 Å². The van der Waals surface area contributed by atoms with Crippen LogP contribution in [0.2, 0.25) is 0 Å². The topological polar surface area (TPSA) is 70.6 Å². The average Bonchev–Trinajstić information content (AvgIpc) is 2.38. The molecule has 3 N–H and O–H groups in total. The Morgan fingerprint density at radius 3 is 2.68 bits per heavy atom. The van der Waals surface area contributed by atoms with Gasteiger partial charge in [-0.25, -0.2) is 0 Å². The second-order valence-corrected chi connectivity index (χ2v) is 4.36. The van der Waals surface area contributed by atoms with Gasteiger partial charge >= 0.3 is 0 Å². The van der Waals surface area contributed by atoms with Crippen LogP contribution in [0.4, 0.5) is 0 Å². The van der Waals surface area contributed by atoms with Crippen molar-refractivity contribution in [1.82, 2.24) is 10.6 Å². The number of hydrogen-bond donors (Lipinski definition) is 3. The Morgan fingerprint density at radius 1 is 1.37 bits per heavy atom. The molecular weight excluding hydrogens is 244 g/mol. The highest BCUT2D eigenvalue weighted by molar-refractivity contribution is 5.77. The fourth-order valence-corrected chi connectivity index (χ4v) is 1.50. The third-order valence-corrected chi connectivity index (χ3v) is 2.50. The summed E-state index contributed by atoms with van der Waals surface area (Å²) < 4.78 is 5.44. The standard InChI is InChI=1S/C14H22N2O3/c1-3-16-14(18)9-15-8-12(17)10-19-13-6-4-11(2)5-7-13/h4-7,12,15,17H,3,8-10H2,1-2H3,(H,16,18). The minimum atomic E-state index is -0.643. The summed E-state index contributed by atoms with van der Waals surface area (Å²) in [6.07, 6.45) is -0.643. The Bertz CT molecular complexity index is 379. The SMILES string of the molecule is CCNC(=O)CNCC(O)COc1ccc(C)cc1. The van der Waals surface area contributed by atoms with Gasteiger partial charge in [0.1, 0.15) is 18.5 Å². The lowest BCUT2D eigenvalue weighted by atomic mass is 10.2. The summed E-state index contributed by atoms with van der Waals surface area (Å²) in [5, 5.41) is 15.2. The second-order valence-electron chi connectivity index (χ2n) is 4.36. The number of benzene rings is 1. The zero-order chi connectivity index (χ0) is 14.1. The van der Waals surface area contributed by atoms with Crippen molar-refractivity contribution in [3.05, 3.63) is 29.8 Å². The number of aryl methyl sites for hydroxylation is 1. The molecule has 0 heterocycles. The molecule has 1 amide bonds. The molecule has 1 aromatic carbocycles. The van der Waals surface area contributed by atoms with E-state index in [9.17, 15) is 9.90 Å². The molecule has 0 saturated carbocycles. The van der Waals surface area contributed by atoms with Crippen molar-refractivity contribution in [3.8, 4) is 5.75 Å². The lowest BCUT2D eigenvalue weighted by Gasteiger charge is -2.13. The minimum absolute atomic E-state index is 0.0749. The van der Waals surface area contributed by atoms with Gasteiger partial charge in [-0.1, -0.05) is 17.7 Å². The number of amides is 1. The van der Waals surface area contributed by atoms with Gasteiger partial charge < -0.3 is 20.5 Å². The molecule has 0 saturated heterocycles. The van der Waals surface area contributed by atoms with Gasteiger partial charge in [0, 0.05) is 13.1 Å². The lowest BCUT2D eigenvalue weighted by molar-refractivity contribution is -0.120. The average molecular weight is 266 g/mol. The molecule has 1 rings (SSSR count). The van der Waals surface area contributed by atoms with E-state index in [-0.39, 0.29) is 19.1 Å². The van der Waals surface area contributed by atoms with E-state index in [1.807, 2.05) is 38.1 Å². The van der Waals surface area contributed by atoms with Crippen LogP contribution in [0, 0.1) is 6.92 Å². The van der Waals surface area contributed by atoms with Crippen molar-refractivity contribution >= 4 is 5.91 Å². The molecule has 19 heavy (non-hydrogen) atoms. The summed E-state index contributed by atoms with van der Waals surface area (Å²) in [6, 6.07) is 7.64. The van der Waals surface area contributed by atoms with Crippen molar-refractivity contribution in [2.24, 2.45) is 0 Å². The van der Waals surface area contributed by atoms with Gasteiger partial charge in [-0.05, 0) is 26.0 Å². The van der Waals surface area contributed by atoms with Gasteiger partial charge in [-0.15, -0.1) is 0 Å². The molecule has 1 aromatic rings. The molecule has 106 valence electrons. The maximum atomic E-state index is 11.1. The third-order valence-electron chi connectivity index (χ3n) is 2.50. The van der Waals surface area contributed by atoms with Crippen molar-refractivity contribution < 1.29 is 14.6 Å². The monoisotopic (exact) mass is 266 g/mol. The molecular formula is C14H22N2O3. The first-order valence-corrected chi connectivity index (χ1v) is 6.46. The largest absolute Gasteiger partial charge is 0.491 e. The Hall–Kier alpha value is -1.59. The van der Waals surface area contributed by atoms with Crippen LogP contribution in [0.25, 0.3) is 0 Å². The summed E-state index contributed by atoms with van der Waals surface area (Å²) >= 11 is 0. The van der Waals surface area contributed by atoms with Crippen LogP contribution in [-0.4, -0.2) is 43.4 Å². The molecule has 0 aliphatic heterocycles. The number of likely N-dealkylation sites (N-methyl/N-ethyl adjacent to an activating group) is 1. The van der Waals surface area contributed by atoms with E-state index >= 15 is 0 Å². The van der Waals surface area contributed by atoms with Crippen molar-refractivity contribution in [2.75, 3.05) is 26.2 Å². The number of hydrogen-bond acceptors (Lipinski definition) is 4. The fourth-order valence-electron chi connectivity index (χ4n) is 1.50. The second kappa shape index (κ2) is 8.50. The molecule has 0 radical (unpaired) electrons. The summed E-state index contributed by atoms with van der Waals surface area (Å²) in [5.74, 6) is 0.655. The van der Waals surface area contributed by atoms with Crippen LogP contribution >= 0.6 is 0 Å². The molecule has 1 unspecified atom stereocenters. The number of rotatable bonds is 8. The van der Waals surface area contributed by atoms with E-state index in [0.717, 1.165) is 11.3 Å². The zero-order valence-electron chi connectivity index (χ0n) is 11.5. The Kier molecular flexibility index (Phi) is 6.92. The predicted molar refractivity (Wildman–Crippen MR) is 74.2 cm³/mol. The van der Waals surface area contributed by atoms with Gasteiger partial charge in [-0.3, -0.25) is 4.79 Å². The highest BCUT2D eigenvalue weighted by atomic mass is 16.5. The Labute approximate surface area is 114 Å². The van der Waals surface area contributed by atoms with E-state index in [1.165, 1.54) is 0 Å². The first-order chi connectivity index (χ1) is 9.11. The van der Waals surface area contributed by atoms with Gasteiger partial charge in [0.05, 0.1) is 6.54 Å². The molecule has 0 aliphatic carbocycles. The van der Waals surface area contributed by atoms with Gasteiger partial charge in [0.25, 0.3) is 0 Å². The molecule has 0 spiro atoms. The molecule has 0 bridgehead atoms. The van der Waals surface area contributed by atoms with E-state index in [1.54, 1.807) is 0 Å². The number of nitrogens with one attached hydrogen (secondary N) is 2. The Morgan fingerprint density at radius 2 is 2.05 bits per heavy atom. The van der Waals surface area contributed by atoms with E-state index < -0.39 is 6.10 Å². The smallest absolute Gasteiger partial charge is 0.233 e. The summed E-state index contributed by atoms with van der Waals surface area (Å²) in [6.45, 7) is 5.20. The van der Waals surface area contributed by atoms with Crippen LogP contribution in [0.15, 0.2) is 24.3 Å². The normalized spacial score (nSPS) is 11.9. The summed E-state index contributed by atoms with van der Waals surface area (Å²) in [7, 11) is 0. The van der Waals surface area contributed by atoms with Crippen molar-refractivity contribution in [2.45, 2.75) is 20.0 Å². The van der Waals surface area contributed by atoms with Crippen LogP contribution < -0.4 is 15.4 Å². The van der Waals surface area contributed by atoms with Gasteiger partial charge in [0.15, 0.2) is 0 Å². The maximum absolute atomic E-state index is 11.1. The number of carbonyl (C=O) groups is 1. The van der Waals surface area contributed by atoms with Crippen LogP contribution in [0.5, 0.6) is 5.75 Å². The number of aliphatic hydroxyl groups is 1. The van der Waals surface area contributed by atoms with E-state index in [2.05, 4.69) is 10.6 Å². The first kappa shape index (κ1) is 15.5. The third kappa shape index (κ3) is 6.79. The van der Waals surface area contributed by atoms with Gasteiger partial charge in [-0.2, -0.15) is 0 Å². The van der Waals surface area contributed by atoms with Crippen LogP contribution in [0.3, 0.4) is 0 Å². The van der Waals surface area contributed by atoms with Crippen LogP contribution in [-0.2, 0) is 4.79 Å². The number of aliphatic hydroxyl groups excluding tert-OH is 1. The number of carbonyl (C=O) groups excluding carboxylic acids is 1. The van der Waals surface area contributed by atoms with E-state index in [4.69, 9.17) is 4.74 Å². The highest BCUT2D eigenvalue weighted by Crippen LogP contribution is 2.11. The molecule has 5 heteroatoms. The molecule has 5 nitrogen and oxygen atoms in total. The Balaban J connectivity index is 2.15. The first-order valence-electron chi connectivity index (χ1n) is 6.46. The molecule has 0 fully saturated rings. The molecule has 1 atom stereocenters. The quantitative estimate of drug-likeness (QED) is 0.639. The summed E-state index contributed by atoms with van der Waals surface area (Å²) in [4.78, 5) is 11.1. The highest BCUT2D eigenvalue weighted by Gasteiger charge is 2.06. The predicted octanol–water partition coefficient (Wildman–Crippen LogP) is 0.460. The fraction of sp³-hybridized carbons (Fsp3) is 0.500. The van der Waals surface area contributed by atoms with Gasteiger partial charge in [0.2, 0.25) is 5.91 Å².